The highest BCUT2D eigenvalue weighted by atomic mass is 127. The number of nitriles is 1. The third-order valence-corrected chi connectivity index (χ3v) is 5.08. The molecule has 0 saturated carbocycles. The summed E-state index contributed by atoms with van der Waals surface area (Å²) in [6.07, 6.45) is 2.34. The molecule has 0 spiro atoms. The molecule has 7 heteroatoms. The molecule has 1 aliphatic rings. The first kappa shape index (κ1) is 23.1. The van der Waals surface area contributed by atoms with Gasteiger partial charge in [-0.15, -0.1) is 24.0 Å². The zero-order valence-corrected chi connectivity index (χ0v) is 18.9. The summed E-state index contributed by atoms with van der Waals surface area (Å²) in [5.41, 5.74) is 2.22. The summed E-state index contributed by atoms with van der Waals surface area (Å²) in [5.74, 6) is 0.306. The number of hydrogen-bond donors (Lipinski definition) is 2. The van der Waals surface area contributed by atoms with Crippen LogP contribution >= 0.6 is 24.0 Å². The molecular weight excluding hydrogens is 480 g/mol. The number of nitrogens with zero attached hydrogens (tertiary/aromatic N) is 3. The predicted molar refractivity (Wildman–Crippen MR) is 125 cm³/mol. The van der Waals surface area contributed by atoms with E-state index in [2.05, 4.69) is 44.8 Å². The second-order valence-corrected chi connectivity index (χ2v) is 6.98. The van der Waals surface area contributed by atoms with Crippen molar-refractivity contribution >= 4 is 29.9 Å². The molecule has 1 atom stereocenters. The summed E-state index contributed by atoms with van der Waals surface area (Å²) < 4.78 is 13.9. The Kier molecular flexibility index (Phi) is 9.35. The maximum atomic E-state index is 13.9. The lowest BCUT2D eigenvalue weighted by atomic mass is 10.1. The molecule has 154 valence electrons. The number of benzene rings is 2. The van der Waals surface area contributed by atoms with Gasteiger partial charge in [0.05, 0.1) is 11.6 Å². The van der Waals surface area contributed by atoms with Gasteiger partial charge in [-0.2, -0.15) is 5.26 Å². The Morgan fingerprint density at radius 3 is 2.76 bits per heavy atom. The molecule has 1 fully saturated rings. The molecule has 2 aromatic carbocycles. The van der Waals surface area contributed by atoms with Gasteiger partial charge < -0.3 is 10.6 Å². The van der Waals surface area contributed by atoms with E-state index >= 15 is 0 Å². The van der Waals surface area contributed by atoms with Crippen LogP contribution in [0.1, 0.15) is 29.5 Å². The fourth-order valence-corrected chi connectivity index (χ4v) is 3.55. The van der Waals surface area contributed by atoms with Gasteiger partial charge in [-0.05, 0) is 43.1 Å². The van der Waals surface area contributed by atoms with Crippen LogP contribution in [0, 0.1) is 17.1 Å². The zero-order chi connectivity index (χ0) is 19.8. The second-order valence-electron chi connectivity index (χ2n) is 6.98. The van der Waals surface area contributed by atoms with Crippen molar-refractivity contribution in [1.29, 1.82) is 5.26 Å². The largest absolute Gasteiger partial charge is 0.355 e. The van der Waals surface area contributed by atoms with Gasteiger partial charge in [0, 0.05) is 38.3 Å². The average Bonchev–Trinajstić information content (AvgIpc) is 3.17. The van der Waals surface area contributed by atoms with Crippen LogP contribution in [0.4, 0.5) is 4.39 Å². The van der Waals surface area contributed by atoms with E-state index in [1.165, 1.54) is 24.1 Å². The van der Waals surface area contributed by atoms with Gasteiger partial charge in [-0.3, -0.25) is 9.89 Å². The summed E-state index contributed by atoms with van der Waals surface area (Å²) in [7, 11) is 1.70. The molecular formula is C22H27FIN5. The van der Waals surface area contributed by atoms with E-state index in [4.69, 9.17) is 5.26 Å². The summed E-state index contributed by atoms with van der Waals surface area (Å²) in [6.45, 7) is 3.11. The highest BCUT2D eigenvalue weighted by Crippen LogP contribution is 2.19. The fourth-order valence-electron chi connectivity index (χ4n) is 3.55. The second kappa shape index (κ2) is 11.7. The maximum Gasteiger partial charge on any atom is 0.191 e. The third kappa shape index (κ3) is 6.68. The summed E-state index contributed by atoms with van der Waals surface area (Å²) >= 11 is 0. The molecule has 1 unspecified atom stereocenters. The van der Waals surface area contributed by atoms with Crippen LogP contribution < -0.4 is 10.6 Å². The van der Waals surface area contributed by atoms with Crippen LogP contribution in [0.5, 0.6) is 0 Å². The first-order valence-electron chi connectivity index (χ1n) is 9.60. The Balaban J connectivity index is 0.00000300. The highest BCUT2D eigenvalue weighted by molar-refractivity contribution is 14.0. The number of rotatable bonds is 6. The molecule has 5 nitrogen and oxygen atoms in total. The lowest BCUT2D eigenvalue weighted by Gasteiger charge is -2.25. The minimum absolute atomic E-state index is 0. The first-order chi connectivity index (χ1) is 13.7. The molecule has 0 bridgehead atoms. The molecule has 1 heterocycles. The van der Waals surface area contributed by atoms with E-state index in [1.807, 2.05) is 12.1 Å². The standard InChI is InChI=1S/C22H26FN5.HI/c1-25-22(26-14-19-12-18(13-24)9-10-21(19)23)27-15-20-8-5-11-28(20)16-17-6-3-2-4-7-17;/h2-4,6-7,9-10,12,20H,5,8,11,14-16H2,1H3,(H2,25,26,27);1H. The number of nitrogens with one attached hydrogen (secondary N) is 2. The van der Waals surface area contributed by atoms with Crippen molar-refractivity contribution in [2.75, 3.05) is 20.1 Å². The third-order valence-electron chi connectivity index (χ3n) is 5.08. The van der Waals surface area contributed by atoms with Gasteiger partial charge in [-0.1, -0.05) is 30.3 Å². The number of guanidine groups is 1. The van der Waals surface area contributed by atoms with E-state index in [9.17, 15) is 4.39 Å². The zero-order valence-electron chi connectivity index (χ0n) is 16.6. The van der Waals surface area contributed by atoms with E-state index < -0.39 is 0 Å². The lowest BCUT2D eigenvalue weighted by molar-refractivity contribution is 0.245. The van der Waals surface area contributed by atoms with Crippen molar-refractivity contribution < 1.29 is 4.39 Å². The predicted octanol–water partition coefficient (Wildman–Crippen LogP) is 3.64. The molecule has 0 aromatic heterocycles. The van der Waals surface area contributed by atoms with Gasteiger partial charge >= 0.3 is 0 Å². The summed E-state index contributed by atoms with van der Waals surface area (Å²) in [6, 6.07) is 17.4. The number of hydrogen-bond acceptors (Lipinski definition) is 3. The molecule has 2 aromatic rings. The van der Waals surface area contributed by atoms with Gasteiger partial charge in [0.1, 0.15) is 5.82 Å². The van der Waals surface area contributed by atoms with Crippen LogP contribution in [-0.2, 0) is 13.1 Å². The Morgan fingerprint density at radius 1 is 1.24 bits per heavy atom. The van der Waals surface area contributed by atoms with Gasteiger partial charge in [0.15, 0.2) is 5.96 Å². The monoisotopic (exact) mass is 507 g/mol. The average molecular weight is 507 g/mol. The molecule has 0 aliphatic carbocycles. The smallest absolute Gasteiger partial charge is 0.191 e. The summed E-state index contributed by atoms with van der Waals surface area (Å²) in [5, 5.41) is 15.5. The minimum atomic E-state index is -0.327. The lowest BCUT2D eigenvalue weighted by Crippen LogP contribution is -2.44. The van der Waals surface area contributed by atoms with E-state index in [1.54, 1.807) is 13.1 Å². The van der Waals surface area contributed by atoms with E-state index in [0.29, 0.717) is 23.1 Å². The van der Waals surface area contributed by atoms with Gasteiger partial charge in [0.2, 0.25) is 0 Å². The number of likely N-dealkylation sites (tertiary alicyclic amines) is 1. The van der Waals surface area contributed by atoms with Crippen molar-refractivity contribution in [3.8, 4) is 6.07 Å². The first-order valence-corrected chi connectivity index (χ1v) is 9.60. The van der Waals surface area contributed by atoms with Crippen molar-refractivity contribution in [3.05, 3.63) is 71.0 Å². The van der Waals surface area contributed by atoms with Crippen molar-refractivity contribution in [3.63, 3.8) is 0 Å². The Labute approximate surface area is 189 Å². The van der Waals surface area contributed by atoms with Crippen LogP contribution in [0.25, 0.3) is 0 Å². The molecule has 0 radical (unpaired) electrons. The van der Waals surface area contributed by atoms with Crippen LogP contribution in [0.15, 0.2) is 53.5 Å². The summed E-state index contributed by atoms with van der Waals surface area (Å²) in [4.78, 5) is 6.73. The van der Waals surface area contributed by atoms with Crippen molar-refractivity contribution in [2.24, 2.45) is 4.99 Å². The van der Waals surface area contributed by atoms with Crippen LogP contribution in [-0.4, -0.2) is 37.0 Å². The Morgan fingerprint density at radius 2 is 2.03 bits per heavy atom. The maximum absolute atomic E-state index is 13.9. The fraction of sp³-hybridized carbons (Fsp3) is 0.364. The van der Waals surface area contributed by atoms with Crippen molar-refractivity contribution in [1.82, 2.24) is 15.5 Å². The van der Waals surface area contributed by atoms with Gasteiger partial charge in [0.25, 0.3) is 0 Å². The molecule has 29 heavy (non-hydrogen) atoms. The SMILES string of the molecule is CN=C(NCc1cc(C#N)ccc1F)NCC1CCCN1Cc1ccccc1.I. The molecule has 0 amide bonds. The molecule has 1 aliphatic heterocycles. The minimum Gasteiger partial charge on any atom is -0.355 e. The van der Waals surface area contributed by atoms with Crippen LogP contribution in [0.3, 0.4) is 0 Å². The highest BCUT2D eigenvalue weighted by Gasteiger charge is 2.24. The van der Waals surface area contributed by atoms with Crippen LogP contribution in [0.2, 0.25) is 0 Å². The topological polar surface area (TPSA) is 63.5 Å². The molecule has 1 saturated heterocycles. The molecule has 2 N–H and O–H groups in total. The number of halogens is 2. The van der Waals surface area contributed by atoms with Crippen molar-refractivity contribution in [2.45, 2.75) is 32.0 Å². The Bertz CT molecular complexity index is 850. The normalized spacial score (nSPS) is 16.7. The number of aliphatic imine (C=N–C) groups is 1. The molecule has 3 rings (SSSR count). The van der Waals surface area contributed by atoms with E-state index in [0.717, 1.165) is 26.1 Å². The van der Waals surface area contributed by atoms with Gasteiger partial charge in [-0.25, -0.2) is 4.39 Å². The Hall–Kier alpha value is -2.18. The quantitative estimate of drug-likeness (QED) is 0.356. The van der Waals surface area contributed by atoms with E-state index in [-0.39, 0.29) is 36.3 Å².